The zero-order chi connectivity index (χ0) is 17.1. The van der Waals surface area contributed by atoms with Gasteiger partial charge in [0.25, 0.3) is 0 Å². The second-order valence-electron chi connectivity index (χ2n) is 4.82. The fourth-order valence-corrected chi connectivity index (χ4v) is 1.51. The summed E-state index contributed by atoms with van der Waals surface area (Å²) in [5.74, 6) is 0. The normalized spacial score (nSPS) is 20.2. The Labute approximate surface area is 127 Å². The average Bonchev–Trinajstić information content (AvgIpc) is 2.53. The van der Waals surface area contributed by atoms with Gasteiger partial charge in [-0.1, -0.05) is 0 Å². The summed E-state index contributed by atoms with van der Waals surface area (Å²) in [5, 5.41) is 73.5. The van der Waals surface area contributed by atoms with E-state index in [2.05, 4.69) is 0 Å². The van der Waals surface area contributed by atoms with E-state index in [1.807, 2.05) is 0 Å². The molecule has 134 valence electrons. The molecule has 8 N–H and O–H groups in total. The van der Waals surface area contributed by atoms with E-state index in [4.69, 9.17) is 29.9 Å². The lowest BCUT2D eigenvalue weighted by molar-refractivity contribution is -0.166. The Bertz CT molecular complexity index is 266. The molecule has 2 unspecified atom stereocenters. The summed E-state index contributed by atoms with van der Waals surface area (Å²) >= 11 is 0. The van der Waals surface area contributed by atoms with E-state index >= 15 is 0 Å². The predicted octanol–water partition coefficient (Wildman–Crippen LogP) is -4.83. The lowest BCUT2D eigenvalue weighted by Crippen LogP contribution is -2.50. The Balaban J connectivity index is 4.53. The lowest BCUT2D eigenvalue weighted by atomic mass is 10.0. The minimum Gasteiger partial charge on any atom is -0.394 e. The third kappa shape index (κ3) is 8.29. The number of hydrogen-bond donors (Lipinski definition) is 8. The molecule has 0 aliphatic rings. The SMILES string of the molecule is OCC(O)COC[C@H](O)[C@@H](OCC(O)CO)[C@H](O)[C@H](O)CO. The van der Waals surface area contributed by atoms with E-state index in [-0.39, 0.29) is 6.61 Å². The van der Waals surface area contributed by atoms with Crippen molar-refractivity contribution in [2.75, 3.05) is 39.6 Å². The van der Waals surface area contributed by atoms with Crippen LogP contribution in [-0.2, 0) is 9.47 Å². The first-order valence-electron chi connectivity index (χ1n) is 6.79. The van der Waals surface area contributed by atoms with Crippen LogP contribution in [0, 0.1) is 0 Å². The van der Waals surface area contributed by atoms with Crippen LogP contribution in [0.3, 0.4) is 0 Å². The van der Waals surface area contributed by atoms with E-state index in [1.54, 1.807) is 0 Å². The van der Waals surface area contributed by atoms with Gasteiger partial charge in [0.1, 0.15) is 36.6 Å². The zero-order valence-corrected chi connectivity index (χ0v) is 12.1. The van der Waals surface area contributed by atoms with Gasteiger partial charge < -0.3 is 50.3 Å². The molecule has 10 nitrogen and oxygen atoms in total. The van der Waals surface area contributed by atoms with E-state index in [0.29, 0.717) is 0 Å². The highest BCUT2D eigenvalue weighted by Gasteiger charge is 2.33. The Morgan fingerprint density at radius 3 is 1.68 bits per heavy atom. The van der Waals surface area contributed by atoms with Gasteiger partial charge in [-0.3, -0.25) is 0 Å². The molecule has 0 aliphatic carbocycles. The third-order valence-electron chi connectivity index (χ3n) is 2.80. The molecule has 0 fully saturated rings. The minimum absolute atomic E-state index is 0.266. The minimum atomic E-state index is -1.67. The summed E-state index contributed by atoms with van der Waals surface area (Å²) in [4.78, 5) is 0. The van der Waals surface area contributed by atoms with Crippen molar-refractivity contribution < 1.29 is 50.3 Å². The van der Waals surface area contributed by atoms with Gasteiger partial charge in [-0.05, 0) is 0 Å². The quantitative estimate of drug-likeness (QED) is 0.163. The Kier molecular flexibility index (Phi) is 11.9. The van der Waals surface area contributed by atoms with Crippen LogP contribution in [0.1, 0.15) is 0 Å². The molecule has 0 rings (SSSR count). The van der Waals surface area contributed by atoms with Crippen molar-refractivity contribution >= 4 is 0 Å². The van der Waals surface area contributed by atoms with Gasteiger partial charge in [0.2, 0.25) is 0 Å². The van der Waals surface area contributed by atoms with Crippen molar-refractivity contribution in [1.82, 2.24) is 0 Å². The molecule has 0 saturated carbocycles. The smallest absolute Gasteiger partial charge is 0.114 e. The molecular weight excluding hydrogens is 304 g/mol. The molecule has 0 radical (unpaired) electrons. The summed E-state index contributed by atoms with van der Waals surface area (Å²) in [6.45, 7) is -2.98. The molecule has 0 spiro atoms. The largest absolute Gasteiger partial charge is 0.394 e. The van der Waals surface area contributed by atoms with Gasteiger partial charge in [-0.2, -0.15) is 0 Å². The third-order valence-corrected chi connectivity index (χ3v) is 2.80. The highest BCUT2D eigenvalue weighted by molar-refractivity contribution is 4.82. The van der Waals surface area contributed by atoms with Crippen LogP contribution in [0.4, 0.5) is 0 Å². The first kappa shape index (κ1) is 21.6. The highest BCUT2D eigenvalue weighted by Crippen LogP contribution is 2.11. The molecule has 0 saturated heterocycles. The number of rotatable bonds is 13. The van der Waals surface area contributed by atoms with E-state index in [9.17, 15) is 20.4 Å². The number of aliphatic hydroxyl groups excluding tert-OH is 8. The molecule has 6 atom stereocenters. The van der Waals surface area contributed by atoms with Gasteiger partial charge in [0.05, 0.1) is 39.6 Å². The summed E-state index contributed by atoms with van der Waals surface area (Å²) in [6.07, 6.45) is -8.49. The molecule has 0 amide bonds. The lowest BCUT2D eigenvalue weighted by Gasteiger charge is -2.30. The van der Waals surface area contributed by atoms with Crippen molar-refractivity contribution in [3.63, 3.8) is 0 Å². The van der Waals surface area contributed by atoms with Gasteiger partial charge in [0.15, 0.2) is 0 Å². The molecule has 0 aromatic rings. The van der Waals surface area contributed by atoms with Crippen LogP contribution in [0.15, 0.2) is 0 Å². The van der Waals surface area contributed by atoms with E-state index in [0.717, 1.165) is 0 Å². The van der Waals surface area contributed by atoms with Crippen molar-refractivity contribution in [1.29, 1.82) is 0 Å². The van der Waals surface area contributed by atoms with Crippen LogP contribution >= 0.6 is 0 Å². The van der Waals surface area contributed by atoms with Gasteiger partial charge in [0, 0.05) is 0 Å². The summed E-state index contributed by atoms with van der Waals surface area (Å²) in [6, 6.07) is 0. The molecule has 22 heavy (non-hydrogen) atoms. The molecule has 0 aromatic carbocycles. The van der Waals surface area contributed by atoms with Crippen LogP contribution in [0.2, 0.25) is 0 Å². The monoisotopic (exact) mass is 330 g/mol. The first-order valence-corrected chi connectivity index (χ1v) is 6.79. The predicted molar refractivity (Wildman–Crippen MR) is 71.9 cm³/mol. The summed E-state index contributed by atoms with van der Waals surface area (Å²) < 4.78 is 9.97. The molecular formula is C12H26O10. The van der Waals surface area contributed by atoms with Gasteiger partial charge >= 0.3 is 0 Å². The molecule has 0 bridgehead atoms. The second kappa shape index (κ2) is 12.1. The second-order valence-corrected chi connectivity index (χ2v) is 4.82. The molecule has 10 heteroatoms. The fourth-order valence-electron chi connectivity index (χ4n) is 1.51. The van der Waals surface area contributed by atoms with E-state index in [1.165, 1.54) is 0 Å². The topological polar surface area (TPSA) is 180 Å². The van der Waals surface area contributed by atoms with Crippen LogP contribution in [0.5, 0.6) is 0 Å². The Morgan fingerprint density at radius 1 is 0.636 bits per heavy atom. The maximum absolute atomic E-state index is 9.90. The van der Waals surface area contributed by atoms with Crippen molar-refractivity contribution in [2.24, 2.45) is 0 Å². The zero-order valence-electron chi connectivity index (χ0n) is 12.1. The van der Waals surface area contributed by atoms with Crippen molar-refractivity contribution in [3.8, 4) is 0 Å². The number of hydrogen-bond acceptors (Lipinski definition) is 10. The van der Waals surface area contributed by atoms with Crippen molar-refractivity contribution in [3.05, 3.63) is 0 Å². The van der Waals surface area contributed by atoms with Crippen LogP contribution in [-0.4, -0.2) is 117 Å². The van der Waals surface area contributed by atoms with Crippen LogP contribution in [0.25, 0.3) is 0 Å². The molecule has 0 aliphatic heterocycles. The first-order chi connectivity index (χ1) is 10.4. The Hall–Kier alpha value is -0.400. The highest BCUT2D eigenvalue weighted by atomic mass is 16.5. The fraction of sp³-hybridized carbons (Fsp3) is 1.00. The van der Waals surface area contributed by atoms with Crippen LogP contribution < -0.4 is 0 Å². The van der Waals surface area contributed by atoms with E-state index < -0.39 is 69.7 Å². The summed E-state index contributed by atoms with van der Waals surface area (Å²) in [5.41, 5.74) is 0. The van der Waals surface area contributed by atoms with Gasteiger partial charge in [-0.25, -0.2) is 0 Å². The average molecular weight is 330 g/mol. The maximum Gasteiger partial charge on any atom is 0.114 e. The van der Waals surface area contributed by atoms with Crippen molar-refractivity contribution in [2.45, 2.75) is 36.6 Å². The number of aliphatic hydroxyl groups is 8. The molecule has 0 aromatic heterocycles. The standard InChI is InChI=1S/C12H26O10/c13-1-7(16)4-21-6-10(19)12(11(20)9(18)3-15)22-5-8(17)2-14/h7-20H,1-6H2/t7?,8?,9-,10+,11-,12-/m1/s1. The van der Waals surface area contributed by atoms with Gasteiger partial charge in [-0.15, -0.1) is 0 Å². The summed E-state index contributed by atoms with van der Waals surface area (Å²) in [7, 11) is 0. The molecule has 0 heterocycles. The number of ether oxygens (including phenoxy) is 2. The Morgan fingerprint density at radius 2 is 1.18 bits per heavy atom. The maximum atomic E-state index is 9.90.